The van der Waals surface area contributed by atoms with Crippen LogP contribution in [-0.4, -0.2) is 28.6 Å². The van der Waals surface area contributed by atoms with Crippen molar-refractivity contribution in [3.8, 4) is 0 Å². The van der Waals surface area contributed by atoms with E-state index in [1.54, 1.807) is 0 Å². The summed E-state index contributed by atoms with van der Waals surface area (Å²) >= 11 is 0. The SMILES string of the molecule is CC(C)CNC(=O)NCc1cc(C(=O)O)ccn1. The number of amides is 2. The van der Waals surface area contributed by atoms with Crippen LogP contribution in [0.5, 0.6) is 0 Å². The molecule has 18 heavy (non-hydrogen) atoms. The van der Waals surface area contributed by atoms with Gasteiger partial charge in [-0.15, -0.1) is 0 Å². The van der Waals surface area contributed by atoms with Crippen molar-refractivity contribution in [2.45, 2.75) is 20.4 Å². The number of hydrogen-bond donors (Lipinski definition) is 3. The number of pyridine rings is 1. The Balaban J connectivity index is 2.46. The highest BCUT2D eigenvalue weighted by molar-refractivity contribution is 5.87. The molecule has 3 N–H and O–H groups in total. The first-order valence-electron chi connectivity index (χ1n) is 5.69. The molecule has 0 aliphatic rings. The molecule has 0 aliphatic heterocycles. The van der Waals surface area contributed by atoms with Crippen LogP contribution in [0.3, 0.4) is 0 Å². The maximum absolute atomic E-state index is 11.4. The van der Waals surface area contributed by atoms with E-state index < -0.39 is 5.97 Å². The molecule has 6 nitrogen and oxygen atoms in total. The van der Waals surface area contributed by atoms with Gasteiger partial charge in [-0.1, -0.05) is 13.8 Å². The van der Waals surface area contributed by atoms with Crippen LogP contribution in [0.2, 0.25) is 0 Å². The maximum atomic E-state index is 11.4. The largest absolute Gasteiger partial charge is 0.478 e. The Labute approximate surface area is 105 Å². The molecule has 2 amide bonds. The number of aromatic nitrogens is 1. The summed E-state index contributed by atoms with van der Waals surface area (Å²) in [4.78, 5) is 26.1. The minimum atomic E-state index is -1.01. The summed E-state index contributed by atoms with van der Waals surface area (Å²) < 4.78 is 0. The minimum Gasteiger partial charge on any atom is -0.478 e. The molecule has 0 saturated heterocycles. The van der Waals surface area contributed by atoms with Gasteiger partial charge in [0.15, 0.2) is 0 Å². The average molecular weight is 251 g/mol. The Bertz CT molecular complexity index is 432. The first-order chi connectivity index (χ1) is 8.49. The summed E-state index contributed by atoms with van der Waals surface area (Å²) in [5, 5.41) is 14.1. The summed E-state index contributed by atoms with van der Waals surface area (Å²) in [6, 6.07) is 2.56. The van der Waals surface area contributed by atoms with Gasteiger partial charge >= 0.3 is 12.0 Å². The fourth-order valence-corrected chi connectivity index (χ4v) is 1.24. The summed E-state index contributed by atoms with van der Waals surface area (Å²) in [5.74, 6) is -0.632. The van der Waals surface area contributed by atoms with E-state index in [0.717, 1.165) is 0 Å². The van der Waals surface area contributed by atoms with Crippen LogP contribution in [0.1, 0.15) is 29.9 Å². The molecule has 0 spiro atoms. The number of aromatic carboxylic acids is 1. The number of carboxylic acid groups (broad SMARTS) is 1. The fourth-order valence-electron chi connectivity index (χ4n) is 1.24. The maximum Gasteiger partial charge on any atom is 0.335 e. The number of rotatable bonds is 5. The third-order valence-electron chi connectivity index (χ3n) is 2.16. The number of hydrogen-bond acceptors (Lipinski definition) is 3. The minimum absolute atomic E-state index is 0.157. The average Bonchev–Trinajstić information content (AvgIpc) is 2.34. The van der Waals surface area contributed by atoms with Gasteiger partial charge in [0.05, 0.1) is 17.8 Å². The van der Waals surface area contributed by atoms with Crippen LogP contribution < -0.4 is 10.6 Å². The normalized spacial score (nSPS) is 10.2. The summed E-state index contributed by atoms with van der Waals surface area (Å²) in [6.07, 6.45) is 1.41. The van der Waals surface area contributed by atoms with Gasteiger partial charge in [-0.25, -0.2) is 9.59 Å². The lowest BCUT2D eigenvalue weighted by molar-refractivity contribution is 0.0696. The molecular weight excluding hydrogens is 234 g/mol. The first-order valence-corrected chi connectivity index (χ1v) is 5.69. The van der Waals surface area contributed by atoms with Crippen molar-refractivity contribution < 1.29 is 14.7 Å². The van der Waals surface area contributed by atoms with Gasteiger partial charge < -0.3 is 15.7 Å². The predicted octanol–water partition coefficient (Wildman–Crippen LogP) is 1.23. The van der Waals surface area contributed by atoms with E-state index >= 15 is 0 Å². The number of carbonyl (C=O) groups is 2. The lowest BCUT2D eigenvalue weighted by atomic mass is 10.2. The van der Waals surface area contributed by atoms with Crippen molar-refractivity contribution in [2.75, 3.05) is 6.54 Å². The second kappa shape index (κ2) is 6.58. The van der Waals surface area contributed by atoms with Crippen molar-refractivity contribution >= 4 is 12.0 Å². The molecule has 0 atom stereocenters. The van der Waals surface area contributed by atoms with Gasteiger partial charge in [0, 0.05) is 12.7 Å². The summed E-state index contributed by atoms with van der Waals surface area (Å²) in [5.41, 5.74) is 0.666. The molecule has 1 aromatic rings. The number of carboxylic acids is 1. The second-order valence-corrected chi connectivity index (χ2v) is 4.30. The van der Waals surface area contributed by atoms with Crippen molar-refractivity contribution in [3.05, 3.63) is 29.6 Å². The molecule has 0 aliphatic carbocycles. The van der Waals surface area contributed by atoms with Crippen molar-refractivity contribution in [3.63, 3.8) is 0 Å². The zero-order valence-corrected chi connectivity index (χ0v) is 10.4. The van der Waals surface area contributed by atoms with E-state index in [9.17, 15) is 9.59 Å². The van der Waals surface area contributed by atoms with Crippen LogP contribution in [0, 0.1) is 5.92 Å². The van der Waals surface area contributed by atoms with Crippen molar-refractivity contribution in [1.29, 1.82) is 0 Å². The fraction of sp³-hybridized carbons (Fsp3) is 0.417. The molecule has 1 rings (SSSR count). The van der Waals surface area contributed by atoms with E-state index in [0.29, 0.717) is 18.2 Å². The second-order valence-electron chi connectivity index (χ2n) is 4.30. The van der Waals surface area contributed by atoms with Gasteiger partial charge in [-0.3, -0.25) is 4.98 Å². The van der Waals surface area contributed by atoms with Gasteiger partial charge in [0.1, 0.15) is 0 Å². The van der Waals surface area contributed by atoms with Gasteiger partial charge in [-0.05, 0) is 18.1 Å². The van der Waals surface area contributed by atoms with E-state index in [1.165, 1.54) is 18.3 Å². The molecule has 1 aromatic heterocycles. The molecule has 0 aromatic carbocycles. The molecule has 1 heterocycles. The molecular formula is C12H17N3O3. The van der Waals surface area contributed by atoms with Crippen LogP contribution >= 0.6 is 0 Å². The molecule has 98 valence electrons. The molecule has 0 radical (unpaired) electrons. The van der Waals surface area contributed by atoms with Crippen LogP contribution in [0.25, 0.3) is 0 Å². The van der Waals surface area contributed by atoms with Crippen molar-refractivity contribution in [2.24, 2.45) is 5.92 Å². The van der Waals surface area contributed by atoms with Crippen LogP contribution in [0.15, 0.2) is 18.3 Å². The smallest absolute Gasteiger partial charge is 0.335 e. The predicted molar refractivity (Wildman–Crippen MR) is 66.3 cm³/mol. The Morgan fingerprint density at radius 1 is 1.39 bits per heavy atom. The van der Waals surface area contributed by atoms with Crippen molar-refractivity contribution in [1.82, 2.24) is 15.6 Å². The summed E-state index contributed by atoms with van der Waals surface area (Å²) in [6.45, 7) is 4.79. The quantitative estimate of drug-likeness (QED) is 0.734. The Morgan fingerprint density at radius 2 is 2.11 bits per heavy atom. The van der Waals surface area contributed by atoms with Crippen LogP contribution in [0.4, 0.5) is 4.79 Å². The van der Waals surface area contributed by atoms with E-state index in [1.807, 2.05) is 13.8 Å². The molecule has 0 saturated carbocycles. The van der Waals surface area contributed by atoms with Crippen LogP contribution in [-0.2, 0) is 6.54 Å². The summed E-state index contributed by atoms with van der Waals surface area (Å²) in [7, 11) is 0. The number of nitrogens with one attached hydrogen (secondary N) is 2. The monoisotopic (exact) mass is 251 g/mol. The molecule has 0 bridgehead atoms. The zero-order chi connectivity index (χ0) is 13.5. The Hall–Kier alpha value is -2.11. The topological polar surface area (TPSA) is 91.3 Å². The molecule has 0 fully saturated rings. The molecule has 0 unspecified atom stereocenters. The van der Waals surface area contributed by atoms with E-state index in [2.05, 4.69) is 15.6 Å². The highest BCUT2D eigenvalue weighted by atomic mass is 16.4. The first kappa shape index (κ1) is 14.0. The van der Waals surface area contributed by atoms with Gasteiger partial charge in [0.2, 0.25) is 0 Å². The molecule has 6 heteroatoms. The number of urea groups is 1. The number of nitrogens with zero attached hydrogens (tertiary/aromatic N) is 1. The van der Waals surface area contributed by atoms with E-state index in [-0.39, 0.29) is 18.1 Å². The highest BCUT2D eigenvalue weighted by Crippen LogP contribution is 2.01. The Morgan fingerprint density at radius 3 is 2.72 bits per heavy atom. The highest BCUT2D eigenvalue weighted by Gasteiger charge is 2.06. The Kier molecular flexibility index (Phi) is 5.10. The number of carbonyl (C=O) groups excluding carboxylic acids is 1. The zero-order valence-electron chi connectivity index (χ0n) is 10.4. The third kappa shape index (κ3) is 4.82. The third-order valence-corrected chi connectivity index (χ3v) is 2.16. The standard InChI is InChI=1S/C12H17N3O3/c1-8(2)6-14-12(18)15-7-10-5-9(11(16)17)3-4-13-10/h3-5,8H,6-7H2,1-2H3,(H,16,17)(H2,14,15,18). The lowest BCUT2D eigenvalue weighted by Gasteiger charge is -2.09. The van der Waals surface area contributed by atoms with Gasteiger partial charge in [0.25, 0.3) is 0 Å². The van der Waals surface area contributed by atoms with E-state index in [4.69, 9.17) is 5.11 Å². The lowest BCUT2D eigenvalue weighted by Crippen LogP contribution is -2.37. The van der Waals surface area contributed by atoms with Gasteiger partial charge in [-0.2, -0.15) is 0 Å².